The Hall–Kier alpha value is -0.870. The Morgan fingerprint density at radius 1 is 1.35 bits per heavy atom. The largest absolute Gasteiger partial charge is 0.337 e. The second-order valence-electron chi connectivity index (χ2n) is 5.40. The number of imidazole rings is 1. The van der Waals surface area contributed by atoms with Crippen LogP contribution < -0.4 is 0 Å². The van der Waals surface area contributed by atoms with Gasteiger partial charge in [0.05, 0.1) is 6.54 Å². The van der Waals surface area contributed by atoms with E-state index >= 15 is 0 Å². The van der Waals surface area contributed by atoms with Crippen molar-refractivity contribution in [1.82, 2.24) is 9.55 Å². The summed E-state index contributed by atoms with van der Waals surface area (Å²) in [5, 5.41) is 4.39. The summed E-state index contributed by atoms with van der Waals surface area (Å²) in [7, 11) is 0. The van der Waals surface area contributed by atoms with Gasteiger partial charge >= 0.3 is 0 Å². The van der Waals surface area contributed by atoms with Crippen LogP contribution in [0.2, 0.25) is 0 Å². The maximum absolute atomic E-state index is 5.37. The Morgan fingerprint density at radius 2 is 2.06 bits per heavy atom. The molecule has 92 valence electrons. The minimum Gasteiger partial charge on any atom is -0.337 e. The molecule has 2 rings (SSSR count). The van der Waals surface area contributed by atoms with Crippen molar-refractivity contribution in [2.75, 3.05) is 0 Å². The highest BCUT2D eigenvalue weighted by Crippen LogP contribution is 2.24. The maximum Gasteiger partial charge on any atom is 0.177 e. The van der Waals surface area contributed by atoms with Gasteiger partial charge in [-0.3, -0.25) is 0 Å². The Bertz CT molecular complexity index is 567. The molecule has 2 aromatic heterocycles. The van der Waals surface area contributed by atoms with E-state index in [9.17, 15) is 0 Å². The van der Waals surface area contributed by atoms with Gasteiger partial charge < -0.3 is 9.55 Å². The predicted octanol–water partition coefficient (Wildman–Crippen LogP) is 4.26. The second-order valence-corrected chi connectivity index (χ2v) is 6.53. The zero-order chi connectivity index (χ0) is 12.6. The lowest BCUT2D eigenvalue weighted by atomic mass is 9.92. The van der Waals surface area contributed by atoms with Crippen molar-refractivity contribution >= 4 is 23.6 Å². The third kappa shape index (κ3) is 2.53. The number of hydrogen-bond acceptors (Lipinski definition) is 2. The van der Waals surface area contributed by atoms with Gasteiger partial charge in [-0.1, -0.05) is 20.8 Å². The molecule has 0 saturated heterocycles. The molecule has 0 aliphatic heterocycles. The molecular formula is C13H18N2S2. The fourth-order valence-electron chi connectivity index (χ4n) is 1.89. The zero-order valence-electron chi connectivity index (χ0n) is 10.7. The van der Waals surface area contributed by atoms with Gasteiger partial charge in [0.2, 0.25) is 0 Å². The molecule has 0 fully saturated rings. The average molecular weight is 266 g/mol. The molecule has 0 bridgehead atoms. The molecule has 0 spiro atoms. The number of aryl methyl sites for hydroxylation is 1. The molecule has 2 heterocycles. The first kappa shape index (κ1) is 12.6. The van der Waals surface area contributed by atoms with Crippen LogP contribution in [-0.4, -0.2) is 9.55 Å². The van der Waals surface area contributed by atoms with Crippen molar-refractivity contribution in [2.24, 2.45) is 0 Å². The van der Waals surface area contributed by atoms with Crippen LogP contribution in [0.15, 0.2) is 17.0 Å². The van der Waals surface area contributed by atoms with Gasteiger partial charge in [0.15, 0.2) is 4.77 Å². The van der Waals surface area contributed by atoms with Gasteiger partial charge in [-0.2, -0.15) is 11.3 Å². The van der Waals surface area contributed by atoms with Crippen LogP contribution in [0.1, 0.15) is 37.6 Å². The quantitative estimate of drug-likeness (QED) is 0.805. The maximum atomic E-state index is 5.37. The highest BCUT2D eigenvalue weighted by Gasteiger charge is 2.19. The van der Waals surface area contributed by atoms with Crippen LogP contribution in [0.5, 0.6) is 0 Å². The highest BCUT2D eigenvalue weighted by molar-refractivity contribution is 7.71. The number of thiophene rings is 1. The molecule has 0 saturated carbocycles. The molecular weight excluding hydrogens is 248 g/mol. The lowest BCUT2D eigenvalue weighted by molar-refractivity contribution is 0.529. The van der Waals surface area contributed by atoms with E-state index in [-0.39, 0.29) is 5.41 Å². The van der Waals surface area contributed by atoms with Crippen LogP contribution in [0, 0.1) is 11.7 Å². The van der Waals surface area contributed by atoms with Gasteiger partial charge in [0.1, 0.15) is 0 Å². The van der Waals surface area contributed by atoms with Crippen LogP contribution in [-0.2, 0) is 12.0 Å². The monoisotopic (exact) mass is 266 g/mol. The number of H-pyrrole nitrogens is 1. The molecule has 1 N–H and O–H groups in total. The van der Waals surface area contributed by atoms with Crippen molar-refractivity contribution in [3.63, 3.8) is 0 Å². The molecule has 0 atom stereocenters. The van der Waals surface area contributed by atoms with Gasteiger partial charge in [-0.25, -0.2) is 0 Å². The summed E-state index contributed by atoms with van der Waals surface area (Å²) in [5.41, 5.74) is 4.07. The lowest BCUT2D eigenvalue weighted by Crippen LogP contribution is -2.18. The molecule has 0 amide bonds. The van der Waals surface area contributed by atoms with E-state index in [0.29, 0.717) is 0 Å². The van der Waals surface area contributed by atoms with Gasteiger partial charge in [0.25, 0.3) is 0 Å². The predicted molar refractivity (Wildman–Crippen MR) is 76.5 cm³/mol. The van der Waals surface area contributed by atoms with E-state index in [1.165, 1.54) is 16.8 Å². The van der Waals surface area contributed by atoms with Crippen LogP contribution >= 0.6 is 23.6 Å². The average Bonchev–Trinajstić information content (AvgIpc) is 2.75. The number of rotatable bonds is 2. The summed E-state index contributed by atoms with van der Waals surface area (Å²) in [4.78, 5) is 3.16. The minimum atomic E-state index is 0.109. The van der Waals surface area contributed by atoms with E-state index in [4.69, 9.17) is 12.2 Å². The van der Waals surface area contributed by atoms with Crippen molar-refractivity contribution in [2.45, 2.75) is 39.7 Å². The van der Waals surface area contributed by atoms with Crippen molar-refractivity contribution in [1.29, 1.82) is 0 Å². The lowest BCUT2D eigenvalue weighted by Gasteiger charge is -2.20. The Kier molecular flexibility index (Phi) is 3.27. The number of nitrogens with zero attached hydrogens (tertiary/aromatic N) is 1. The first-order valence-corrected chi connectivity index (χ1v) is 7.05. The topological polar surface area (TPSA) is 20.7 Å². The first-order chi connectivity index (χ1) is 7.89. The van der Waals surface area contributed by atoms with Crippen LogP contribution in [0.3, 0.4) is 0 Å². The fraction of sp³-hybridized carbons (Fsp3) is 0.462. The molecule has 0 radical (unpaired) electrons. The molecule has 0 aliphatic carbocycles. The van der Waals surface area contributed by atoms with Crippen LogP contribution in [0.4, 0.5) is 0 Å². The molecule has 2 aromatic rings. The van der Waals surface area contributed by atoms with Gasteiger partial charge in [-0.05, 0) is 41.0 Å². The van der Waals surface area contributed by atoms with E-state index in [0.717, 1.165) is 11.3 Å². The normalized spacial score (nSPS) is 12.0. The summed E-state index contributed by atoms with van der Waals surface area (Å²) >= 11 is 7.12. The standard InChI is InChI=1S/C13H18N2S2/c1-9-7-17-8-10(9)6-15-11(13(2,3)4)5-14-12(15)16/h5,7-8H,6H2,1-4H3,(H,14,16). The Balaban J connectivity index is 2.43. The molecule has 4 heteroatoms. The number of nitrogens with one attached hydrogen (secondary N) is 1. The summed E-state index contributed by atoms with van der Waals surface area (Å²) in [5.74, 6) is 0. The molecule has 2 nitrogen and oxygen atoms in total. The third-order valence-corrected chi connectivity index (χ3v) is 4.18. The summed E-state index contributed by atoms with van der Waals surface area (Å²) in [6, 6.07) is 0. The van der Waals surface area contributed by atoms with E-state index in [2.05, 4.69) is 48.0 Å². The zero-order valence-corrected chi connectivity index (χ0v) is 12.3. The highest BCUT2D eigenvalue weighted by atomic mass is 32.1. The SMILES string of the molecule is Cc1cscc1Cn1c(C(C)(C)C)c[nH]c1=S. The summed E-state index contributed by atoms with van der Waals surface area (Å²) in [6.45, 7) is 9.65. The summed E-state index contributed by atoms with van der Waals surface area (Å²) in [6.07, 6.45) is 2.03. The second kappa shape index (κ2) is 4.42. The fourth-order valence-corrected chi connectivity index (χ4v) is 2.96. The van der Waals surface area contributed by atoms with Crippen molar-refractivity contribution in [3.05, 3.63) is 38.5 Å². The van der Waals surface area contributed by atoms with Crippen molar-refractivity contribution < 1.29 is 0 Å². The van der Waals surface area contributed by atoms with Crippen molar-refractivity contribution in [3.8, 4) is 0 Å². The molecule has 17 heavy (non-hydrogen) atoms. The van der Waals surface area contributed by atoms with E-state index in [1.54, 1.807) is 11.3 Å². The third-order valence-electron chi connectivity index (χ3n) is 2.93. The number of hydrogen-bond donors (Lipinski definition) is 1. The Morgan fingerprint density at radius 3 is 2.59 bits per heavy atom. The molecule has 0 aromatic carbocycles. The van der Waals surface area contributed by atoms with Crippen LogP contribution in [0.25, 0.3) is 0 Å². The van der Waals surface area contributed by atoms with Gasteiger partial charge in [-0.15, -0.1) is 0 Å². The van der Waals surface area contributed by atoms with Gasteiger partial charge in [0, 0.05) is 17.3 Å². The van der Waals surface area contributed by atoms with E-state index < -0.39 is 0 Å². The number of aromatic nitrogens is 2. The molecule has 0 aliphatic rings. The Labute approximate surface area is 111 Å². The van der Waals surface area contributed by atoms with E-state index in [1.807, 2.05) is 6.20 Å². The summed E-state index contributed by atoms with van der Waals surface area (Å²) < 4.78 is 3.00. The molecule has 0 unspecified atom stereocenters. The minimum absolute atomic E-state index is 0.109. The number of aromatic amines is 1. The first-order valence-electron chi connectivity index (χ1n) is 5.70. The smallest absolute Gasteiger partial charge is 0.177 e.